The van der Waals surface area contributed by atoms with E-state index >= 15 is 0 Å². The highest BCUT2D eigenvalue weighted by Gasteiger charge is 2.60. The van der Waals surface area contributed by atoms with Crippen LogP contribution in [0.2, 0.25) is 5.15 Å². The molecule has 1 N–H and O–H groups in total. The van der Waals surface area contributed by atoms with Gasteiger partial charge in [0.15, 0.2) is 5.75 Å². The predicted molar refractivity (Wildman–Crippen MR) is 119 cm³/mol. The molecule has 2 aromatic heterocycles. The third-order valence-electron chi connectivity index (χ3n) is 5.34. The van der Waals surface area contributed by atoms with Crippen molar-refractivity contribution in [2.45, 2.75) is 25.7 Å². The summed E-state index contributed by atoms with van der Waals surface area (Å²) in [7, 11) is 0. The highest BCUT2D eigenvalue weighted by Crippen LogP contribution is 2.55. The summed E-state index contributed by atoms with van der Waals surface area (Å²) in [6, 6.07) is 11.7. The fourth-order valence-corrected chi connectivity index (χ4v) is 4.07. The molecule has 0 saturated heterocycles. The van der Waals surface area contributed by atoms with Crippen LogP contribution in [-0.2, 0) is 10.2 Å². The Morgan fingerprint density at radius 3 is 2.73 bits per heavy atom. The van der Waals surface area contributed by atoms with Gasteiger partial charge in [-0.1, -0.05) is 41.9 Å². The molecule has 0 spiro atoms. The molecular formula is C22H20BrClN4O2. The number of hydrogen-bond acceptors (Lipinski definition) is 5. The monoisotopic (exact) mass is 486 g/mol. The van der Waals surface area contributed by atoms with Crippen LogP contribution in [0.15, 0.2) is 53.3 Å². The number of benzene rings is 1. The van der Waals surface area contributed by atoms with E-state index in [0.717, 1.165) is 11.3 Å². The molecule has 30 heavy (non-hydrogen) atoms. The zero-order valence-corrected chi connectivity index (χ0v) is 18.9. The number of halogens is 2. The van der Waals surface area contributed by atoms with Crippen LogP contribution in [0.25, 0.3) is 0 Å². The first-order valence-corrected chi connectivity index (χ1v) is 10.7. The molecule has 0 aliphatic heterocycles. The van der Waals surface area contributed by atoms with E-state index in [9.17, 15) is 4.79 Å². The minimum Gasteiger partial charge on any atom is -0.489 e. The largest absolute Gasteiger partial charge is 0.489 e. The van der Waals surface area contributed by atoms with Gasteiger partial charge in [-0.3, -0.25) is 4.79 Å². The normalized spacial score (nSPS) is 19.9. The number of aromatic nitrogens is 3. The fourth-order valence-electron chi connectivity index (χ4n) is 3.62. The van der Waals surface area contributed by atoms with Crippen LogP contribution in [0.1, 0.15) is 23.5 Å². The molecule has 2 heterocycles. The number of nitrogens with one attached hydrogen (secondary N) is 1. The van der Waals surface area contributed by atoms with Crippen molar-refractivity contribution in [3.8, 4) is 5.75 Å². The molecule has 1 amide bonds. The number of hydrogen-bond donors (Lipinski definition) is 1. The first-order valence-electron chi connectivity index (χ1n) is 9.49. The molecule has 1 saturated carbocycles. The van der Waals surface area contributed by atoms with E-state index in [-0.39, 0.29) is 11.8 Å². The summed E-state index contributed by atoms with van der Waals surface area (Å²) in [6.07, 6.45) is 3.92. The van der Waals surface area contributed by atoms with E-state index in [0.29, 0.717) is 39.9 Å². The first kappa shape index (κ1) is 20.8. The lowest BCUT2D eigenvalue weighted by Crippen LogP contribution is -2.26. The lowest BCUT2D eigenvalue weighted by molar-refractivity contribution is -0.117. The van der Waals surface area contributed by atoms with Crippen molar-refractivity contribution in [1.29, 1.82) is 0 Å². The van der Waals surface area contributed by atoms with Crippen molar-refractivity contribution in [2.24, 2.45) is 5.92 Å². The van der Waals surface area contributed by atoms with Gasteiger partial charge in [-0.2, -0.15) is 0 Å². The standard InChI is InChI=1S/C22H20BrClN4O2/c1-13-19(11-25-14(2)27-13)30-12-22(15-6-4-3-5-7-15)9-17(22)21(29)28-16-8-18(23)20(24)26-10-16/h3-8,10-11,17H,9,12H2,1-2H3,(H,28,29)/t17-,22+/m0/s1. The van der Waals surface area contributed by atoms with Gasteiger partial charge in [-0.25, -0.2) is 15.0 Å². The Labute approximate surface area is 188 Å². The highest BCUT2D eigenvalue weighted by molar-refractivity contribution is 9.10. The van der Waals surface area contributed by atoms with Crippen molar-refractivity contribution in [3.63, 3.8) is 0 Å². The average Bonchev–Trinajstić information content (AvgIpc) is 3.47. The molecule has 154 valence electrons. The molecule has 1 aromatic carbocycles. The molecule has 0 unspecified atom stereocenters. The van der Waals surface area contributed by atoms with E-state index in [1.165, 1.54) is 0 Å². The molecule has 1 aliphatic rings. The molecule has 0 bridgehead atoms. The Morgan fingerprint density at radius 2 is 2.03 bits per heavy atom. The Balaban J connectivity index is 1.54. The Kier molecular flexibility index (Phi) is 5.75. The third kappa shape index (κ3) is 4.18. The van der Waals surface area contributed by atoms with Crippen molar-refractivity contribution < 1.29 is 9.53 Å². The van der Waals surface area contributed by atoms with Crippen molar-refractivity contribution in [2.75, 3.05) is 11.9 Å². The van der Waals surface area contributed by atoms with Crippen LogP contribution >= 0.6 is 27.5 Å². The maximum atomic E-state index is 13.0. The second-order valence-electron chi connectivity index (χ2n) is 7.42. The number of ether oxygens (including phenoxy) is 1. The molecular weight excluding hydrogens is 468 g/mol. The summed E-state index contributed by atoms with van der Waals surface area (Å²) in [6.45, 7) is 4.10. The molecule has 3 aromatic rings. The summed E-state index contributed by atoms with van der Waals surface area (Å²) >= 11 is 9.27. The van der Waals surface area contributed by atoms with Crippen LogP contribution in [0, 0.1) is 19.8 Å². The Hall–Kier alpha value is -2.51. The summed E-state index contributed by atoms with van der Waals surface area (Å²) < 4.78 is 6.73. The van der Waals surface area contributed by atoms with Gasteiger partial charge in [0.25, 0.3) is 0 Å². The second kappa shape index (κ2) is 8.32. The maximum Gasteiger partial charge on any atom is 0.228 e. The van der Waals surface area contributed by atoms with Gasteiger partial charge in [0, 0.05) is 5.41 Å². The number of carbonyl (C=O) groups excluding carboxylic acids is 1. The average molecular weight is 488 g/mol. The first-order chi connectivity index (χ1) is 14.4. The number of pyridine rings is 1. The summed E-state index contributed by atoms with van der Waals surface area (Å²) in [4.78, 5) is 25.7. The van der Waals surface area contributed by atoms with Crippen LogP contribution in [0.4, 0.5) is 5.69 Å². The van der Waals surface area contributed by atoms with E-state index in [1.807, 2.05) is 44.2 Å². The predicted octanol–water partition coefficient (Wildman–Crippen LogP) is 4.88. The van der Waals surface area contributed by atoms with Crippen molar-refractivity contribution in [1.82, 2.24) is 15.0 Å². The SMILES string of the molecule is Cc1ncc(OC[C@@]2(c3ccccc3)C[C@H]2C(=O)Nc2cnc(Cl)c(Br)c2)c(C)n1. The van der Waals surface area contributed by atoms with Gasteiger partial charge < -0.3 is 10.1 Å². The quantitative estimate of drug-likeness (QED) is 0.502. The molecule has 2 atom stereocenters. The van der Waals surface area contributed by atoms with Gasteiger partial charge in [-0.15, -0.1) is 0 Å². The molecule has 8 heteroatoms. The van der Waals surface area contributed by atoms with Gasteiger partial charge in [0.2, 0.25) is 5.91 Å². The van der Waals surface area contributed by atoms with E-state index in [2.05, 4.69) is 36.2 Å². The van der Waals surface area contributed by atoms with Crippen LogP contribution < -0.4 is 10.1 Å². The van der Waals surface area contributed by atoms with Crippen molar-refractivity contribution >= 4 is 39.1 Å². The number of anilines is 1. The minimum atomic E-state index is -0.403. The maximum absolute atomic E-state index is 13.0. The summed E-state index contributed by atoms with van der Waals surface area (Å²) in [5.41, 5.74) is 2.05. The molecule has 1 fully saturated rings. The van der Waals surface area contributed by atoms with Gasteiger partial charge >= 0.3 is 0 Å². The Morgan fingerprint density at radius 1 is 1.27 bits per heavy atom. The number of aryl methyl sites for hydroxylation is 2. The smallest absolute Gasteiger partial charge is 0.228 e. The van der Waals surface area contributed by atoms with E-state index in [4.69, 9.17) is 16.3 Å². The highest BCUT2D eigenvalue weighted by atomic mass is 79.9. The minimum absolute atomic E-state index is 0.0737. The lowest BCUT2D eigenvalue weighted by atomic mass is 9.93. The lowest BCUT2D eigenvalue weighted by Gasteiger charge is -2.19. The summed E-state index contributed by atoms with van der Waals surface area (Å²) in [5, 5.41) is 3.29. The third-order valence-corrected chi connectivity index (χ3v) is 6.48. The number of rotatable bonds is 6. The summed E-state index contributed by atoms with van der Waals surface area (Å²) in [5.74, 6) is 1.04. The number of nitrogens with zero attached hydrogens (tertiary/aromatic N) is 3. The van der Waals surface area contributed by atoms with Crippen molar-refractivity contribution in [3.05, 3.63) is 75.5 Å². The molecule has 6 nitrogen and oxygen atoms in total. The van der Waals surface area contributed by atoms with Gasteiger partial charge in [0.1, 0.15) is 11.0 Å². The van der Waals surface area contributed by atoms with Gasteiger partial charge in [-0.05, 0) is 47.8 Å². The molecule has 1 aliphatic carbocycles. The van der Waals surface area contributed by atoms with Gasteiger partial charge in [0.05, 0.1) is 40.8 Å². The van der Waals surface area contributed by atoms with E-state index in [1.54, 1.807) is 18.5 Å². The van der Waals surface area contributed by atoms with Crippen LogP contribution in [0.3, 0.4) is 0 Å². The zero-order valence-electron chi connectivity index (χ0n) is 16.5. The number of carbonyl (C=O) groups is 1. The topological polar surface area (TPSA) is 77.0 Å². The van der Waals surface area contributed by atoms with Crippen LogP contribution in [-0.4, -0.2) is 27.5 Å². The zero-order chi connectivity index (χ0) is 21.3. The Bertz CT molecular complexity index is 1100. The fraction of sp³-hybridized carbons (Fsp3) is 0.273. The van der Waals surface area contributed by atoms with E-state index < -0.39 is 5.41 Å². The second-order valence-corrected chi connectivity index (χ2v) is 8.63. The van der Waals surface area contributed by atoms with Crippen LogP contribution in [0.5, 0.6) is 5.75 Å². The number of amides is 1. The molecule has 4 rings (SSSR count). The molecule has 0 radical (unpaired) electrons.